The molecule has 4 N–H and O–H groups in total. The van der Waals surface area contributed by atoms with Crippen molar-refractivity contribution in [3.05, 3.63) is 101 Å². The van der Waals surface area contributed by atoms with Gasteiger partial charge in [-0.1, -0.05) is 42.5 Å². The van der Waals surface area contributed by atoms with E-state index < -0.39 is 45.6 Å². The smallest absolute Gasteiger partial charge is 0.405 e. The Labute approximate surface area is 267 Å². The van der Waals surface area contributed by atoms with Crippen molar-refractivity contribution in [1.29, 1.82) is 0 Å². The fourth-order valence-corrected chi connectivity index (χ4v) is 8.58. The molecule has 5 atom stereocenters. The van der Waals surface area contributed by atoms with E-state index in [4.69, 9.17) is 0 Å². The van der Waals surface area contributed by atoms with Gasteiger partial charge in [0.15, 0.2) is 0 Å². The summed E-state index contributed by atoms with van der Waals surface area (Å²) in [5.74, 6) is -2.00. The van der Waals surface area contributed by atoms with Crippen molar-refractivity contribution in [2.45, 2.75) is 68.5 Å². The lowest BCUT2D eigenvalue weighted by atomic mass is 9.84. The Morgan fingerprint density at radius 2 is 1.67 bits per heavy atom. The van der Waals surface area contributed by atoms with Crippen molar-refractivity contribution in [1.82, 2.24) is 14.9 Å². The molecule has 46 heavy (non-hydrogen) atoms. The lowest BCUT2D eigenvalue weighted by Gasteiger charge is -2.37. The predicted octanol–water partition coefficient (Wildman–Crippen LogP) is 4.95. The molecule has 0 radical (unpaired) electrons. The predicted molar refractivity (Wildman–Crippen MR) is 170 cm³/mol. The van der Waals surface area contributed by atoms with Crippen LogP contribution >= 0.6 is 0 Å². The van der Waals surface area contributed by atoms with Gasteiger partial charge < -0.3 is 21.1 Å². The number of rotatable bonds is 10. The Morgan fingerprint density at radius 3 is 2.35 bits per heavy atom. The van der Waals surface area contributed by atoms with E-state index in [0.29, 0.717) is 43.0 Å². The van der Waals surface area contributed by atoms with Crippen LogP contribution in [0.1, 0.15) is 66.2 Å². The number of anilines is 1. The zero-order valence-corrected chi connectivity index (χ0v) is 26.1. The number of nitrogens with one attached hydrogen (secondary N) is 3. The molecule has 2 bridgehead atoms. The lowest BCUT2D eigenvalue weighted by molar-refractivity contribution is -0.118. The highest BCUT2D eigenvalue weighted by Crippen LogP contribution is 2.41. The topological polar surface area (TPSA) is 128 Å². The number of hydrogen-bond acceptors (Lipinski definition) is 5. The van der Waals surface area contributed by atoms with E-state index in [0.717, 1.165) is 24.8 Å². The van der Waals surface area contributed by atoms with Gasteiger partial charge in [-0.15, -0.1) is 0 Å². The first-order chi connectivity index (χ1) is 22.1. The Morgan fingerprint density at radius 1 is 0.978 bits per heavy atom. The van der Waals surface area contributed by atoms with Crippen LogP contribution in [0.25, 0.3) is 0 Å². The van der Waals surface area contributed by atoms with Crippen LogP contribution in [0.2, 0.25) is 0 Å². The number of carbonyl (C=O) groups is 2. The number of carbonyl (C=O) groups excluding carboxylic acids is 1. The van der Waals surface area contributed by atoms with Crippen LogP contribution in [0, 0.1) is 11.6 Å². The van der Waals surface area contributed by atoms with Crippen LogP contribution in [-0.2, 0) is 21.2 Å². The summed E-state index contributed by atoms with van der Waals surface area (Å²) in [5, 5.41) is 18.3. The quantitative estimate of drug-likeness (QED) is 0.246. The number of halogens is 2. The average Bonchev–Trinajstić information content (AvgIpc) is 3.88. The maximum atomic E-state index is 15.3. The van der Waals surface area contributed by atoms with Gasteiger partial charge in [-0.25, -0.2) is 22.0 Å². The summed E-state index contributed by atoms with van der Waals surface area (Å²) in [4.78, 5) is 26.0. The molecule has 0 aromatic heterocycles. The number of nitrogens with zero attached hydrogens (tertiary/aromatic N) is 1. The van der Waals surface area contributed by atoms with Gasteiger partial charge in [-0.2, -0.15) is 4.31 Å². The van der Waals surface area contributed by atoms with Crippen molar-refractivity contribution >= 4 is 27.7 Å². The van der Waals surface area contributed by atoms with Crippen molar-refractivity contribution < 1.29 is 31.9 Å². The van der Waals surface area contributed by atoms with Crippen LogP contribution in [-0.4, -0.2) is 66.8 Å². The first-order valence-corrected chi connectivity index (χ1v) is 17.4. The molecule has 6 rings (SSSR count). The van der Waals surface area contributed by atoms with Crippen LogP contribution in [0.4, 0.5) is 19.3 Å². The van der Waals surface area contributed by atoms with Gasteiger partial charge in [0, 0.05) is 42.3 Å². The number of fused-ring (bicyclic) bond motifs is 2. The summed E-state index contributed by atoms with van der Waals surface area (Å²) < 4.78 is 56.7. The van der Waals surface area contributed by atoms with Gasteiger partial charge in [0.05, 0.1) is 5.75 Å². The van der Waals surface area contributed by atoms with Gasteiger partial charge in [0.2, 0.25) is 15.9 Å². The molecule has 2 amide bonds. The maximum Gasteiger partial charge on any atom is 0.405 e. The van der Waals surface area contributed by atoms with E-state index in [1.54, 1.807) is 6.07 Å². The Hall–Kier alpha value is -3.87. The Kier molecular flexibility index (Phi) is 9.39. The highest BCUT2D eigenvalue weighted by molar-refractivity contribution is 7.89. The van der Waals surface area contributed by atoms with E-state index in [2.05, 4.69) is 16.0 Å². The van der Waals surface area contributed by atoms with Crippen molar-refractivity contribution in [2.75, 3.05) is 24.2 Å². The van der Waals surface area contributed by atoms with Crippen molar-refractivity contribution in [3.8, 4) is 0 Å². The number of carboxylic acid groups (broad SMARTS) is 1. The Balaban J connectivity index is 1.27. The number of amides is 2. The molecular formula is C34H38F2N4O5S. The van der Waals surface area contributed by atoms with Crippen molar-refractivity contribution in [3.63, 3.8) is 0 Å². The third-order valence-corrected chi connectivity index (χ3v) is 11.3. The molecule has 1 saturated carbocycles. The summed E-state index contributed by atoms with van der Waals surface area (Å²) in [7, 11) is -3.43. The summed E-state index contributed by atoms with van der Waals surface area (Å²) in [6.45, 7) is 0.826. The largest absolute Gasteiger partial charge is 0.465 e. The molecule has 1 aliphatic carbocycles. The van der Waals surface area contributed by atoms with E-state index in [1.165, 1.54) is 40.7 Å². The standard InChI is InChI=1S/C34H38F2N4O5S/c35-25-14-12-24(13-15-25)31(23-10-8-22(9-11-23)21-6-7-21)32(39-34(42)43)33(41)38-30-5-1-4-29(36)28(30)17-16-27-19-37-26-3-2-18-46(44,45)40(27)20-26/h1,4-5,8-15,21,26-27,31-32,37,39H,2-3,6-7,16-20H2,(H,38,41)(H,42,43)/t26?,27?,31-,32+/m1/s1. The molecule has 0 spiro atoms. The van der Waals surface area contributed by atoms with Crippen LogP contribution in [0.15, 0.2) is 66.7 Å². The minimum Gasteiger partial charge on any atom is -0.465 e. The van der Waals surface area contributed by atoms with Crippen LogP contribution < -0.4 is 16.0 Å². The van der Waals surface area contributed by atoms with E-state index in [-0.39, 0.29) is 35.5 Å². The van der Waals surface area contributed by atoms with Crippen LogP contribution in [0.5, 0.6) is 0 Å². The Bertz CT molecular complexity index is 1680. The molecule has 3 unspecified atom stereocenters. The second-order valence-electron chi connectivity index (χ2n) is 12.5. The van der Waals surface area contributed by atoms with Gasteiger partial charge in [0.25, 0.3) is 0 Å². The van der Waals surface area contributed by atoms with Gasteiger partial charge in [-0.05, 0) is 85.4 Å². The maximum absolute atomic E-state index is 15.3. The zero-order valence-electron chi connectivity index (χ0n) is 25.3. The third-order valence-electron chi connectivity index (χ3n) is 9.33. The van der Waals surface area contributed by atoms with E-state index in [1.807, 2.05) is 24.3 Å². The molecule has 2 saturated heterocycles. The summed E-state index contributed by atoms with van der Waals surface area (Å²) in [6, 6.07) is 15.9. The molecule has 2 heterocycles. The average molecular weight is 653 g/mol. The molecule has 244 valence electrons. The van der Waals surface area contributed by atoms with E-state index in [9.17, 15) is 27.5 Å². The number of sulfonamides is 1. The summed E-state index contributed by atoms with van der Waals surface area (Å²) in [6.07, 6.45) is 2.62. The number of benzene rings is 3. The molecule has 12 heteroatoms. The minimum absolute atomic E-state index is 0.0825. The normalized spacial score (nSPS) is 23.5. The zero-order chi connectivity index (χ0) is 32.4. The summed E-state index contributed by atoms with van der Waals surface area (Å²) in [5.41, 5.74) is 2.72. The molecule has 3 aromatic rings. The number of piperazine rings is 1. The van der Waals surface area contributed by atoms with Crippen molar-refractivity contribution in [2.24, 2.45) is 0 Å². The highest BCUT2D eigenvalue weighted by Gasteiger charge is 2.38. The second-order valence-corrected chi connectivity index (χ2v) is 14.5. The minimum atomic E-state index is -3.43. The highest BCUT2D eigenvalue weighted by atomic mass is 32.2. The molecule has 3 fully saturated rings. The fourth-order valence-electron chi connectivity index (χ4n) is 6.77. The molecular weight excluding hydrogens is 614 g/mol. The molecule has 3 aromatic carbocycles. The number of hydrogen-bond donors (Lipinski definition) is 4. The monoisotopic (exact) mass is 652 g/mol. The van der Waals surface area contributed by atoms with Crippen LogP contribution in [0.3, 0.4) is 0 Å². The second kappa shape index (κ2) is 13.5. The summed E-state index contributed by atoms with van der Waals surface area (Å²) >= 11 is 0. The lowest BCUT2D eigenvalue weighted by Crippen LogP contribution is -2.57. The molecule has 2 aliphatic heterocycles. The first-order valence-electron chi connectivity index (χ1n) is 15.7. The van der Waals surface area contributed by atoms with E-state index >= 15 is 4.39 Å². The fraction of sp³-hybridized carbons (Fsp3) is 0.412. The SMILES string of the molecule is O=C(O)N[C@H](C(=O)Nc1cccc(F)c1CCC1CNC2CCCS(=O)(=O)N1C2)[C@@H](c1ccc(F)cc1)c1ccc(C2CC2)cc1. The first kappa shape index (κ1) is 32.1. The van der Waals surface area contributed by atoms with Gasteiger partial charge in [0.1, 0.15) is 17.7 Å². The van der Waals surface area contributed by atoms with Gasteiger partial charge >= 0.3 is 6.09 Å². The third kappa shape index (κ3) is 7.24. The van der Waals surface area contributed by atoms with Gasteiger partial charge in [-0.3, -0.25) is 4.79 Å². The molecule has 9 nitrogen and oxygen atoms in total. The molecule has 3 aliphatic rings.